The van der Waals surface area contributed by atoms with E-state index in [4.69, 9.17) is 9.47 Å². The number of ether oxygens (including phenoxy) is 2. The van der Waals surface area contributed by atoms with E-state index in [9.17, 15) is 9.59 Å². The quantitative estimate of drug-likeness (QED) is 0.625. The number of likely N-dealkylation sites (tertiary alicyclic amines) is 1. The Morgan fingerprint density at radius 1 is 1.29 bits per heavy atom. The summed E-state index contributed by atoms with van der Waals surface area (Å²) in [6, 6.07) is 5.55. The topological polar surface area (TPSA) is 55.8 Å². The summed E-state index contributed by atoms with van der Waals surface area (Å²) in [7, 11) is 0. The van der Waals surface area contributed by atoms with Gasteiger partial charge in [0.05, 0.1) is 17.0 Å². The first-order valence-electron chi connectivity index (χ1n) is 7.99. The van der Waals surface area contributed by atoms with Gasteiger partial charge in [-0.05, 0) is 60.8 Å². The molecule has 1 aromatic rings. The molecular formula is C17H21Br2NO4. The van der Waals surface area contributed by atoms with Crippen molar-refractivity contribution in [3.05, 3.63) is 27.1 Å². The summed E-state index contributed by atoms with van der Waals surface area (Å²) < 4.78 is 12.5. The molecule has 24 heavy (non-hydrogen) atoms. The van der Waals surface area contributed by atoms with E-state index < -0.39 is 6.10 Å². The lowest BCUT2D eigenvalue weighted by Gasteiger charge is -2.32. The van der Waals surface area contributed by atoms with E-state index in [1.807, 2.05) is 18.2 Å². The van der Waals surface area contributed by atoms with Gasteiger partial charge in [-0.3, -0.25) is 9.59 Å². The first-order chi connectivity index (χ1) is 11.4. The Morgan fingerprint density at radius 3 is 2.54 bits per heavy atom. The van der Waals surface area contributed by atoms with Crippen LogP contribution in [0, 0.1) is 5.92 Å². The monoisotopic (exact) mass is 461 g/mol. The van der Waals surface area contributed by atoms with Gasteiger partial charge >= 0.3 is 5.97 Å². The standard InChI is InChI=1S/C17H21Br2NO4/c1-3-23-17(22)12-6-8-20(9-7-12)16(21)11(2)24-15-5-4-13(18)10-14(15)19/h4-5,10-12H,3,6-9H2,1-2H3. The molecule has 1 aliphatic heterocycles. The van der Waals surface area contributed by atoms with Crippen LogP contribution < -0.4 is 4.74 Å². The molecule has 0 radical (unpaired) electrons. The van der Waals surface area contributed by atoms with Crippen LogP contribution in [0.1, 0.15) is 26.7 Å². The fourth-order valence-electron chi connectivity index (χ4n) is 2.66. The number of benzene rings is 1. The van der Waals surface area contributed by atoms with Crippen molar-refractivity contribution in [3.8, 4) is 5.75 Å². The lowest BCUT2D eigenvalue weighted by molar-refractivity contribution is -0.152. The van der Waals surface area contributed by atoms with Gasteiger partial charge in [-0.2, -0.15) is 0 Å². The highest BCUT2D eigenvalue weighted by Gasteiger charge is 2.30. The lowest BCUT2D eigenvalue weighted by atomic mass is 9.97. The zero-order valence-electron chi connectivity index (χ0n) is 13.8. The van der Waals surface area contributed by atoms with E-state index in [0.29, 0.717) is 38.3 Å². The molecule has 0 saturated carbocycles. The van der Waals surface area contributed by atoms with Gasteiger partial charge in [0.2, 0.25) is 0 Å². The van der Waals surface area contributed by atoms with Crippen LogP contribution in [0.3, 0.4) is 0 Å². The van der Waals surface area contributed by atoms with E-state index in [0.717, 1.165) is 8.95 Å². The van der Waals surface area contributed by atoms with Crippen LogP contribution in [0.4, 0.5) is 0 Å². The van der Waals surface area contributed by atoms with E-state index in [1.165, 1.54) is 0 Å². The number of amides is 1. The van der Waals surface area contributed by atoms with Crippen LogP contribution >= 0.6 is 31.9 Å². The Hall–Kier alpha value is -1.08. The van der Waals surface area contributed by atoms with Gasteiger partial charge in [-0.25, -0.2) is 0 Å². The number of piperidine rings is 1. The molecule has 2 rings (SSSR count). The average molecular weight is 463 g/mol. The Kier molecular flexibility index (Phi) is 7.10. The molecule has 1 fully saturated rings. The summed E-state index contributed by atoms with van der Waals surface area (Å²) >= 11 is 6.81. The fourth-order valence-corrected chi connectivity index (χ4v) is 3.80. The molecule has 1 aromatic carbocycles. The second-order valence-electron chi connectivity index (χ2n) is 5.69. The van der Waals surface area contributed by atoms with Crippen LogP contribution in [0.2, 0.25) is 0 Å². The van der Waals surface area contributed by atoms with Gasteiger partial charge < -0.3 is 14.4 Å². The molecule has 0 N–H and O–H groups in total. The summed E-state index contributed by atoms with van der Waals surface area (Å²) in [5, 5.41) is 0. The van der Waals surface area contributed by atoms with Gasteiger partial charge in [0.15, 0.2) is 6.10 Å². The molecule has 132 valence electrons. The van der Waals surface area contributed by atoms with Crippen molar-refractivity contribution >= 4 is 43.7 Å². The van der Waals surface area contributed by atoms with Gasteiger partial charge in [0.25, 0.3) is 5.91 Å². The number of nitrogens with zero attached hydrogens (tertiary/aromatic N) is 1. The van der Waals surface area contributed by atoms with Gasteiger partial charge in [0.1, 0.15) is 5.75 Å². The number of carbonyl (C=O) groups excluding carboxylic acids is 2. The normalized spacial score (nSPS) is 16.6. The molecule has 1 atom stereocenters. The Morgan fingerprint density at radius 2 is 1.96 bits per heavy atom. The maximum atomic E-state index is 12.5. The van der Waals surface area contributed by atoms with Crippen LogP contribution in [-0.4, -0.2) is 42.6 Å². The first-order valence-corrected chi connectivity index (χ1v) is 9.58. The third kappa shape index (κ3) is 4.96. The summed E-state index contributed by atoms with van der Waals surface area (Å²) in [4.78, 5) is 26.1. The predicted octanol–water partition coefficient (Wildman–Crippen LogP) is 3.78. The summed E-state index contributed by atoms with van der Waals surface area (Å²) in [6.07, 6.45) is 0.694. The summed E-state index contributed by atoms with van der Waals surface area (Å²) in [5.41, 5.74) is 0. The van der Waals surface area contributed by atoms with Crippen molar-refractivity contribution in [2.75, 3.05) is 19.7 Å². The highest BCUT2D eigenvalue weighted by atomic mass is 79.9. The molecule has 1 amide bonds. The van der Waals surface area contributed by atoms with Crippen molar-refractivity contribution in [2.24, 2.45) is 5.92 Å². The third-order valence-corrected chi connectivity index (χ3v) is 5.08. The number of hydrogen-bond donors (Lipinski definition) is 0. The van der Waals surface area contributed by atoms with Crippen LogP contribution in [0.15, 0.2) is 27.1 Å². The number of halogens is 2. The molecule has 1 saturated heterocycles. The smallest absolute Gasteiger partial charge is 0.309 e. The van der Waals surface area contributed by atoms with E-state index in [-0.39, 0.29) is 17.8 Å². The molecule has 1 heterocycles. The van der Waals surface area contributed by atoms with Gasteiger partial charge in [-0.1, -0.05) is 15.9 Å². The average Bonchev–Trinajstić information content (AvgIpc) is 2.57. The van der Waals surface area contributed by atoms with Crippen LogP contribution in [-0.2, 0) is 14.3 Å². The van der Waals surface area contributed by atoms with Crippen molar-refractivity contribution in [2.45, 2.75) is 32.8 Å². The van der Waals surface area contributed by atoms with Crippen molar-refractivity contribution < 1.29 is 19.1 Å². The third-order valence-electron chi connectivity index (χ3n) is 3.97. The molecule has 0 aliphatic carbocycles. The van der Waals surface area contributed by atoms with Crippen molar-refractivity contribution in [1.29, 1.82) is 0 Å². The Bertz CT molecular complexity index is 600. The van der Waals surface area contributed by atoms with Crippen LogP contribution in [0.5, 0.6) is 5.75 Å². The second kappa shape index (κ2) is 8.85. The highest BCUT2D eigenvalue weighted by Crippen LogP contribution is 2.29. The predicted molar refractivity (Wildman–Crippen MR) is 97.9 cm³/mol. The summed E-state index contributed by atoms with van der Waals surface area (Å²) in [6.45, 7) is 5.05. The fraction of sp³-hybridized carbons (Fsp3) is 0.529. The minimum absolute atomic E-state index is 0.0628. The largest absolute Gasteiger partial charge is 0.480 e. The van der Waals surface area contributed by atoms with Crippen molar-refractivity contribution in [1.82, 2.24) is 4.90 Å². The molecule has 0 aromatic heterocycles. The number of rotatable bonds is 5. The minimum atomic E-state index is -0.582. The van der Waals surface area contributed by atoms with Crippen molar-refractivity contribution in [3.63, 3.8) is 0 Å². The number of carbonyl (C=O) groups is 2. The second-order valence-corrected chi connectivity index (χ2v) is 7.46. The number of hydrogen-bond acceptors (Lipinski definition) is 4. The molecule has 5 nitrogen and oxygen atoms in total. The Balaban J connectivity index is 1.89. The lowest BCUT2D eigenvalue weighted by Crippen LogP contribution is -2.46. The highest BCUT2D eigenvalue weighted by molar-refractivity contribution is 9.11. The summed E-state index contributed by atoms with van der Waals surface area (Å²) in [5.74, 6) is 0.297. The first kappa shape index (κ1) is 19.2. The zero-order chi connectivity index (χ0) is 17.7. The maximum Gasteiger partial charge on any atom is 0.309 e. The SMILES string of the molecule is CCOC(=O)C1CCN(C(=O)C(C)Oc2ccc(Br)cc2Br)CC1. The Labute approximate surface area is 158 Å². The molecule has 1 aliphatic rings. The number of esters is 1. The van der Waals surface area contributed by atoms with Gasteiger partial charge in [0, 0.05) is 17.6 Å². The molecule has 0 spiro atoms. The molecular weight excluding hydrogens is 442 g/mol. The van der Waals surface area contributed by atoms with Crippen LogP contribution in [0.25, 0.3) is 0 Å². The zero-order valence-corrected chi connectivity index (χ0v) is 16.9. The van der Waals surface area contributed by atoms with Gasteiger partial charge in [-0.15, -0.1) is 0 Å². The van der Waals surface area contributed by atoms with E-state index in [1.54, 1.807) is 18.7 Å². The minimum Gasteiger partial charge on any atom is -0.480 e. The molecule has 1 unspecified atom stereocenters. The van der Waals surface area contributed by atoms with E-state index in [2.05, 4.69) is 31.9 Å². The molecule has 0 bridgehead atoms. The molecule has 7 heteroatoms. The van der Waals surface area contributed by atoms with E-state index >= 15 is 0 Å². The maximum absolute atomic E-state index is 12.5.